The fourth-order valence-electron chi connectivity index (χ4n) is 1.94. The molecule has 1 aromatic heterocycles. The third kappa shape index (κ3) is 3.66. The summed E-state index contributed by atoms with van der Waals surface area (Å²) in [5.41, 5.74) is 2.08. The summed E-state index contributed by atoms with van der Waals surface area (Å²) in [7, 11) is 0. The number of aromatic nitrogens is 2. The molecule has 0 saturated carbocycles. The Kier molecular flexibility index (Phi) is 5.47. The number of nitrogens with zero attached hydrogens (tertiary/aromatic N) is 3. The van der Waals surface area contributed by atoms with E-state index < -0.39 is 0 Å². The predicted octanol–water partition coefficient (Wildman–Crippen LogP) is 4.97. The summed E-state index contributed by atoms with van der Waals surface area (Å²) in [6, 6.07) is 22.0. The number of para-hydroxylation sites is 2. The molecular formula is C18H19N3. The van der Waals surface area contributed by atoms with Gasteiger partial charge in [-0.2, -0.15) is 0 Å². The van der Waals surface area contributed by atoms with Crippen molar-refractivity contribution in [3.05, 3.63) is 79.1 Å². The Morgan fingerprint density at radius 2 is 1.05 bits per heavy atom. The topological polar surface area (TPSA) is 29.0 Å². The molecule has 1 heterocycles. The van der Waals surface area contributed by atoms with Crippen molar-refractivity contribution in [2.24, 2.45) is 0 Å². The van der Waals surface area contributed by atoms with Gasteiger partial charge in [0.1, 0.15) is 0 Å². The van der Waals surface area contributed by atoms with Crippen molar-refractivity contribution in [1.29, 1.82) is 0 Å². The van der Waals surface area contributed by atoms with Crippen LogP contribution in [0.25, 0.3) is 0 Å². The van der Waals surface area contributed by atoms with E-state index in [1.165, 1.54) is 0 Å². The average Bonchev–Trinajstić information content (AvgIpc) is 2.60. The van der Waals surface area contributed by atoms with Crippen LogP contribution >= 0.6 is 0 Å². The zero-order valence-electron chi connectivity index (χ0n) is 12.3. The van der Waals surface area contributed by atoms with Crippen LogP contribution in [0.15, 0.2) is 79.1 Å². The minimum Gasteiger partial charge on any atom is -0.279 e. The molecule has 0 atom stereocenters. The summed E-state index contributed by atoms with van der Waals surface area (Å²) in [5, 5.41) is 0. The second-order valence-electron chi connectivity index (χ2n) is 4.06. The van der Waals surface area contributed by atoms with Crippen LogP contribution in [0.3, 0.4) is 0 Å². The lowest BCUT2D eigenvalue weighted by Crippen LogP contribution is -2.12. The van der Waals surface area contributed by atoms with Gasteiger partial charge >= 0.3 is 0 Å². The summed E-state index contributed by atoms with van der Waals surface area (Å²) in [5.74, 6) is 0.667. The second kappa shape index (κ2) is 7.80. The van der Waals surface area contributed by atoms with Gasteiger partial charge in [-0.25, -0.2) is 9.97 Å². The molecule has 2 aromatic carbocycles. The first kappa shape index (κ1) is 14.7. The average molecular weight is 277 g/mol. The number of rotatable bonds is 3. The first-order valence-corrected chi connectivity index (χ1v) is 7.12. The van der Waals surface area contributed by atoms with Crippen LogP contribution < -0.4 is 4.90 Å². The molecule has 0 aliphatic rings. The molecule has 3 rings (SSSR count). The smallest absolute Gasteiger partial charge is 0.234 e. The minimum absolute atomic E-state index is 0.667. The molecule has 0 radical (unpaired) electrons. The summed E-state index contributed by atoms with van der Waals surface area (Å²) in [4.78, 5) is 10.7. The van der Waals surface area contributed by atoms with Gasteiger partial charge in [-0.15, -0.1) is 0 Å². The van der Waals surface area contributed by atoms with E-state index >= 15 is 0 Å². The number of hydrogen-bond acceptors (Lipinski definition) is 3. The SMILES string of the molecule is CC.c1ccc(N(c2ccccc2)c2ncccn2)cc1. The molecule has 3 heteroatoms. The molecule has 0 N–H and O–H groups in total. The molecule has 0 aliphatic carbocycles. The van der Waals surface area contributed by atoms with Crippen molar-refractivity contribution in [3.63, 3.8) is 0 Å². The second-order valence-corrected chi connectivity index (χ2v) is 4.06. The molecule has 3 aromatic rings. The fourth-order valence-corrected chi connectivity index (χ4v) is 1.94. The van der Waals surface area contributed by atoms with Crippen molar-refractivity contribution >= 4 is 17.3 Å². The number of benzene rings is 2. The van der Waals surface area contributed by atoms with E-state index in [0.717, 1.165) is 11.4 Å². The van der Waals surface area contributed by atoms with E-state index in [0.29, 0.717) is 5.95 Å². The van der Waals surface area contributed by atoms with Gasteiger partial charge in [0.2, 0.25) is 5.95 Å². The van der Waals surface area contributed by atoms with Crippen LogP contribution in [0.5, 0.6) is 0 Å². The van der Waals surface area contributed by atoms with Gasteiger partial charge in [-0.1, -0.05) is 50.2 Å². The highest BCUT2D eigenvalue weighted by atomic mass is 15.3. The van der Waals surface area contributed by atoms with E-state index in [9.17, 15) is 0 Å². The largest absolute Gasteiger partial charge is 0.279 e. The van der Waals surface area contributed by atoms with Crippen molar-refractivity contribution < 1.29 is 0 Å². The van der Waals surface area contributed by atoms with Gasteiger partial charge in [0.05, 0.1) is 0 Å². The van der Waals surface area contributed by atoms with Crippen molar-refractivity contribution in [3.8, 4) is 0 Å². The Balaban J connectivity index is 0.000000774. The lowest BCUT2D eigenvalue weighted by molar-refractivity contribution is 1.08. The van der Waals surface area contributed by atoms with E-state index in [1.807, 2.05) is 85.5 Å². The predicted molar refractivity (Wildman–Crippen MR) is 88.1 cm³/mol. The lowest BCUT2D eigenvalue weighted by Gasteiger charge is -2.22. The van der Waals surface area contributed by atoms with Gasteiger partial charge in [-0.05, 0) is 30.3 Å². The van der Waals surface area contributed by atoms with Gasteiger partial charge in [-0.3, -0.25) is 4.90 Å². The minimum atomic E-state index is 0.667. The van der Waals surface area contributed by atoms with Crippen molar-refractivity contribution in [1.82, 2.24) is 9.97 Å². The summed E-state index contributed by atoms with van der Waals surface area (Å²) in [6.07, 6.45) is 3.50. The standard InChI is InChI=1S/C16H13N3.C2H6/c1-3-8-14(9-4-1)19(15-10-5-2-6-11-15)16-17-12-7-13-18-16;1-2/h1-13H;1-2H3. The zero-order chi connectivity index (χ0) is 14.9. The molecule has 106 valence electrons. The van der Waals surface area contributed by atoms with Crippen molar-refractivity contribution in [2.75, 3.05) is 4.90 Å². The lowest BCUT2D eigenvalue weighted by atomic mass is 10.2. The van der Waals surface area contributed by atoms with Crippen LogP contribution in [0, 0.1) is 0 Å². The third-order valence-corrected chi connectivity index (χ3v) is 2.78. The van der Waals surface area contributed by atoms with Gasteiger partial charge in [0, 0.05) is 23.8 Å². The Morgan fingerprint density at radius 1 is 0.619 bits per heavy atom. The molecule has 21 heavy (non-hydrogen) atoms. The number of anilines is 3. The number of hydrogen-bond donors (Lipinski definition) is 0. The fraction of sp³-hybridized carbons (Fsp3) is 0.111. The highest BCUT2D eigenvalue weighted by Crippen LogP contribution is 2.30. The van der Waals surface area contributed by atoms with E-state index in [2.05, 4.69) is 9.97 Å². The molecule has 0 aliphatic heterocycles. The first-order valence-electron chi connectivity index (χ1n) is 7.12. The maximum absolute atomic E-state index is 4.35. The quantitative estimate of drug-likeness (QED) is 0.676. The molecule has 0 saturated heterocycles. The molecular weight excluding hydrogens is 258 g/mol. The highest BCUT2D eigenvalue weighted by Gasteiger charge is 2.13. The Hall–Kier alpha value is -2.68. The van der Waals surface area contributed by atoms with Crippen molar-refractivity contribution in [2.45, 2.75) is 13.8 Å². The van der Waals surface area contributed by atoms with Crippen LogP contribution in [0.1, 0.15) is 13.8 Å². The molecule has 0 bridgehead atoms. The highest BCUT2D eigenvalue weighted by molar-refractivity contribution is 5.72. The maximum Gasteiger partial charge on any atom is 0.234 e. The molecule has 0 amide bonds. The van der Waals surface area contributed by atoms with Crippen LogP contribution in [-0.2, 0) is 0 Å². The van der Waals surface area contributed by atoms with E-state index in [1.54, 1.807) is 12.4 Å². The molecule has 0 spiro atoms. The third-order valence-electron chi connectivity index (χ3n) is 2.78. The summed E-state index contributed by atoms with van der Waals surface area (Å²) < 4.78 is 0. The Labute approximate surface area is 125 Å². The monoisotopic (exact) mass is 277 g/mol. The molecule has 0 unspecified atom stereocenters. The van der Waals surface area contributed by atoms with E-state index in [-0.39, 0.29) is 0 Å². The Morgan fingerprint density at radius 3 is 1.48 bits per heavy atom. The Bertz CT molecular complexity index is 530. The van der Waals surface area contributed by atoms with Gasteiger partial charge < -0.3 is 0 Å². The van der Waals surface area contributed by atoms with Gasteiger partial charge in [0.25, 0.3) is 0 Å². The first-order chi connectivity index (χ1) is 10.4. The van der Waals surface area contributed by atoms with E-state index in [4.69, 9.17) is 0 Å². The normalized spacial score (nSPS) is 9.43. The molecule has 0 fully saturated rings. The maximum atomic E-state index is 4.35. The van der Waals surface area contributed by atoms with Crippen LogP contribution in [-0.4, -0.2) is 9.97 Å². The van der Waals surface area contributed by atoms with Crippen LogP contribution in [0.4, 0.5) is 17.3 Å². The summed E-state index contributed by atoms with van der Waals surface area (Å²) >= 11 is 0. The summed E-state index contributed by atoms with van der Waals surface area (Å²) in [6.45, 7) is 4.00. The van der Waals surface area contributed by atoms with Crippen LogP contribution in [0.2, 0.25) is 0 Å². The zero-order valence-corrected chi connectivity index (χ0v) is 12.3. The molecule has 3 nitrogen and oxygen atoms in total. The van der Waals surface area contributed by atoms with Gasteiger partial charge in [0.15, 0.2) is 0 Å².